The number of hydrogen-bond donors (Lipinski definition) is 2. The molecule has 6 nitrogen and oxygen atoms in total. The standard InChI is InChI=1S/C10H12N4O2S/c1-2-14-9(16)12-13-10(14)17-8-7(6-15)4-3-5-11-8/h3-5,15H,2,6H2,1H3,(H,12,16). The van der Waals surface area contributed by atoms with Crippen LogP contribution in [0.15, 0.2) is 33.3 Å². The normalized spacial score (nSPS) is 10.7. The van der Waals surface area contributed by atoms with Crippen molar-refractivity contribution >= 4 is 11.8 Å². The molecule has 0 saturated heterocycles. The minimum absolute atomic E-state index is 0.0864. The van der Waals surface area contributed by atoms with Crippen molar-refractivity contribution in [2.24, 2.45) is 0 Å². The smallest absolute Gasteiger partial charge is 0.343 e. The van der Waals surface area contributed by atoms with Crippen LogP contribution in [0, 0.1) is 0 Å². The summed E-state index contributed by atoms with van der Waals surface area (Å²) in [4.78, 5) is 15.5. The minimum atomic E-state index is -0.239. The van der Waals surface area contributed by atoms with Crippen molar-refractivity contribution in [3.63, 3.8) is 0 Å². The summed E-state index contributed by atoms with van der Waals surface area (Å²) in [6.45, 7) is 2.32. The zero-order valence-electron chi connectivity index (χ0n) is 9.25. The van der Waals surface area contributed by atoms with Crippen molar-refractivity contribution in [3.8, 4) is 0 Å². The van der Waals surface area contributed by atoms with E-state index >= 15 is 0 Å². The van der Waals surface area contributed by atoms with E-state index in [4.69, 9.17) is 0 Å². The van der Waals surface area contributed by atoms with E-state index in [-0.39, 0.29) is 12.3 Å². The Kier molecular flexibility index (Phi) is 3.60. The number of aliphatic hydroxyl groups is 1. The maximum atomic E-state index is 11.4. The molecule has 0 fully saturated rings. The molecule has 90 valence electrons. The molecular formula is C10H12N4O2S. The lowest BCUT2D eigenvalue weighted by atomic mass is 10.3. The molecule has 7 heteroatoms. The summed E-state index contributed by atoms with van der Waals surface area (Å²) >= 11 is 1.26. The second-order valence-electron chi connectivity index (χ2n) is 3.28. The van der Waals surface area contributed by atoms with Gasteiger partial charge in [0.15, 0.2) is 5.16 Å². The topological polar surface area (TPSA) is 83.8 Å². The summed E-state index contributed by atoms with van der Waals surface area (Å²) in [5, 5.41) is 16.7. The van der Waals surface area contributed by atoms with Gasteiger partial charge in [0, 0.05) is 18.3 Å². The van der Waals surface area contributed by atoms with Crippen LogP contribution in [0.4, 0.5) is 0 Å². The first-order valence-corrected chi connectivity index (χ1v) is 5.95. The third-order valence-electron chi connectivity index (χ3n) is 2.25. The molecule has 0 aliphatic carbocycles. The van der Waals surface area contributed by atoms with Crippen LogP contribution in [0.2, 0.25) is 0 Å². The molecule has 0 aromatic carbocycles. The lowest BCUT2D eigenvalue weighted by Gasteiger charge is -2.05. The van der Waals surface area contributed by atoms with Gasteiger partial charge in [0.05, 0.1) is 6.61 Å². The molecule has 0 spiro atoms. The van der Waals surface area contributed by atoms with Crippen LogP contribution in [-0.2, 0) is 13.2 Å². The van der Waals surface area contributed by atoms with Gasteiger partial charge in [-0.15, -0.1) is 5.10 Å². The van der Waals surface area contributed by atoms with E-state index in [1.807, 2.05) is 6.92 Å². The molecule has 2 aromatic heterocycles. The summed E-state index contributed by atoms with van der Waals surface area (Å²) < 4.78 is 1.51. The number of pyridine rings is 1. The fourth-order valence-electron chi connectivity index (χ4n) is 1.38. The van der Waals surface area contributed by atoms with Gasteiger partial charge in [0.2, 0.25) is 0 Å². The van der Waals surface area contributed by atoms with Crippen LogP contribution < -0.4 is 5.69 Å². The van der Waals surface area contributed by atoms with E-state index in [0.717, 1.165) is 5.56 Å². The molecule has 0 bridgehead atoms. The summed E-state index contributed by atoms with van der Waals surface area (Å²) in [6.07, 6.45) is 1.64. The van der Waals surface area contributed by atoms with Gasteiger partial charge < -0.3 is 5.11 Å². The zero-order valence-corrected chi connectivity index (χ0v) is 10.1. The van der Waals surface area contributed by atoms with Crippen molar-refractivity contribution in [1.82, 2.24) is 19.7 Å². The molecule has 0 radical (unpaired) electrons. The molecule has 0 saturated carbocycles. The van der Waals surface area contributed by atoms with E-state index in [1.54, 1.807) is 18.3 Å². The van der Waals surface area contributed by atoms with E-state index in [9.17, 15) is 9.90 Å². The Morgan fingerprint density at radius 1 is 1.59 bits per heavy atom. The molecule has 2 aromatic rings. The number of H-pyrrole nitrogens is 1. The van der Waals surface area contributed by atoms with Crippen molar-refractivity contribution in [3.05, 3.63) is 34.4 Å². The molecule has 0 aliphatic heterocycles. The van der Waals surface area contributed by atoms with Gasteiger partial charge in [0.25, 0.3) is 0 Å². The van der Waals surface area contributed by atoms with Crippen LogP contribution in [0.1, 0.15) is 12.5 Å². The lowest BCUT2D eigenvalue weighted by molar-refractivity contribution is 0.278. The number of hydrogen-bond acceptors (Lipinski definition) is 5. The number of aromatic amines is 1. The van der Waals surface area contributed by atoms with Crippen molar-refractivity contribution in [2.45, 2.75) is 30.3 Å². The third kappa shape index (κ3) is 2.40. The maximum absolute atomic E-state index is 11.4. The van der Waals surface area contributed by atoms with Crippen LogP contribution in [0.5, 0.6) is 0 Å². The molecule has 17 heavy (non-hydrogen) atoms. The molecule has 0 aliphatic rings. The van der Waals surface area contributed by atoms with Gasteiger partial charge in [-0.1, -0.05) is 6.07 Å². The Hall–Kier alpha value is -1.60. The molecular weight excluding hydrogens is 240 g/mol. The first-order valence-electron chi connectivity index (χ1n) is 5.14. The van der Waals surface area contributed by atoms with E-state index in [1.165, 1.54) is 16.3 Å². The number of nitrogens with one attached hydrogen (secondary N) is 1. The van der Waals surface area contributed by atoms with Gasteiger partial charge >= 0.3 is 5.69 Å². The number of rotatable bonds is 4. The third-order valence-corrected chi connectivity index (χ3v) is 3.30. The highest BCUT2D eigenvalue weighted by atomic mass is 32.2. The average molecular weight is 252 g/mol. The van der Waals surface area contributed by atoms with Crippen molar-refractivity contribution in [2.75, 3.05) is 0 Å². The van der Waals surface area contributed by atoms with Gasteiger partial charge in [-0.3, -0.25) is 4.57 Å². The van der Waals surface area contributed by atoms with Crippen LogP contribution in [0.3, 0.4) is 0 Å². The molecule has 0 unspecified atom stereocenters. The van der Waals surface area contributed by atoms with Gasteiger partial charge in [-0.2, -0.15) is 0 Å². The largest absolute Gasteiger partial charge is 0.392 e. The van der Waals surface area contributed by atoms with Gasteiger partial charge in [0.1, 0.15) is 5.03 Å². The lowest BCUT2D eigenvalue weighted by Crippen LogP contribution is -2.16. The van der Waals surface area contributed by atoms with Crippen LogP contribution in [0.25, 0.3) is 0 Å². The fourth-order valence-corrected chi connectivity index (χ4v) is 2.35. The Morgan fingerprint density at radius 2 is 2.41 bits per heavy atom. The highest BCUT2D eigenvalue weighted by molar-refractivity contribution is 7.99. The molecule has 2 rings (SSSR count). The van der Waals surface area contributed by atoms with E-state index in [2.05, 4.69) is 15.2 Å². The zero-order chi connectivity index (χ0) is 12.3. The van der Waals surface area contributed by atoms with Gasteiger partial charge in [-0.05, 0) is 24.8 Å². The monoisotopic (exact) mass is 252 g/mol. The quantitative estimate of drug-likeness (QED) is 0.833. The number of aromatic nitrogens is 4. The van der Waals surface area contributed by atoms with Crippen molar-refractivity contribution < 1.29 is 5.11 Å². The summed E-state index contributed by atoms with van der Waals surface area (Å²) in [7, 11) is 0. The maximum Gasteiger partial charge on any atom is 0.343 e. The van der Waals surface area contributed by atoms with Crippen LogP contribution in [-0.4, -0.2) is 24.9 Å². The summed E-state index contributed by atoms with van der Waals surface area (Å²) in [5.74, 6) is 0. The second kappa shape index (κ2) is 5.15. The second-order valence-corrected chi connectivity index (χ2v) is 4.24. The minimum Gasteiger partial charge on any atom is -0.392 e. The Labute approximate surface area is 102 Å². The molecule has 0 amide bonds. The van der Waals surface area contributed by atoms with Crippen LogP contribution >= 0.6 is 11.8 Å². The summed E-state index contributed by atoms with van der Waals surface area (Å²) in [5.41, 5.74) is 0.479. The molecule has 2 N–H and O–H groups in total. The first kappa shape index (κ1) is 11.9. The highest BCUT2D eigenvalue weighted by Gasteiger charge is 2.11. The first-order chi connectivity index (χ1) is 8.26. The Morgan fingerprint density at radius 3 is 3.12 bits per heavy atom. The van der Waals surface area contributed by atoms with E-state index in [0.29, 0.717) is 16.7 Å². The van der Waals surface area contributed by atoms with E-state index < -0.39 is 0 Å². The highest BCUT2D eigenvalue weighted by Crippen LogP contribution is 2.25. The number of aliphatic hydroxyl groups excluding tert-OH is 1. The SMILES string of the molecule is CCn1c(Sc2ncccc2CO)n[nH]c1=O. The fraction of sp³-hybridized carbons (Fsp3) is 0.300. The molecule has 0 atom stereocenters. The summed E-state index contributed by atoms with van der Waals surface area (Å²) in [6, 6.07) is 3.55. The van der Waals surface area contributed by atoms with Crippen molar-refractivity contribution in [1.29, 1.82) is 0 Å². The predicted octanol–water partition coefficient (Wildman–Crippen LogP) is 0.630. The Bertz CT molecular complexity index is 563. The Balaban J connectivity index is 2.34. The average Bonchev–Trinajstić information content (AvgIpc) is 2.70. The molecule has 2 heterocycles. The number of nitrogens with zero attached hydrogens (tertiary/aromatic N) is 3. The predicted molar refractivity (Wildman–Crippen MR) is 62.8 cm³/mol. The van der Waals surface area contributed by atoms with Gasteiger partial charge in [-0.25, -0.2) is 14.9 Å².